The van der Waals surface area contributed by atoms with Gasteiger partial charge in [-0.2, -0.15) is 0 Å². The van der Waals surface area contributed by atoms with Crippen LogP contribution in [0.3, 0.4) is 0 Å². The maximum atomic E-state index is 13.3. The van der Waals surface area contributed by atoms with Gasteiger partial charge in [0.05, 0.1) is 17.1 Å². The molecule has 3 aliphatic rings. The van der Waals surface area contributed by atoms with Gasteiger partial charge in [-0.15, -0.1) is 10.2 Å². The number of aromatic nitrogens is 4. The Labute approximate surface area is 175 Å². The molecule has 1 aliphatic carbocycles. The van der Waals surface area contributed by atoms with Gasteiger partial charge >= 0.3 is 0 Å². The van der Waals surface area contributed by atoms with Gasteiger partial charge < -0.3 is 9.88 Å². The molecule has 4 aromatic rings. The van der Waals surface area contributed by atoms with Crippen molar-refractivity contribution in [3.63, 3.8) is 0 Å². The van der Waals surface area contributed by atoms with E-state index in [1.54, 1.807) is 0 Å². The SMILES string of the molecule is O=C1c2cc3[nH]c(=O)c4nnc(C5CCC5)n4c3cc2C2Cc3cc(Cl)ccc3N12. The first-order valence-electron chi connectivity index (χ1n) is 10.2. The zero-order valence-corrected chi connectivity index (χ0v) is 16.6. The lowest BCUT2D eigenvalue weighted by Crippen LogP contribution is -2.23. The van der Waals surface area contributed by atoms with Crippen molar-refractivity contribution in [1.82, 2.24) is 19.6 Å². The van der Waals surface area contributed by atoms with E-state index in [0.29, 0.717) is 27.7 Å². The number of carbonyl (C=O) groups is 1. The Morgan fingerprint density at radius 2 is 1.97 bits per heavy atom. The number of hydrogen-bond acceptors (Lipinski definition) is 4. The summed E-state index contributed by atoms with van der Waals surface area (Å²) in [5.41, 5.74) is 5.11. The molecule has 4 heterocycles. The number of halogens is 1. The zero-order valence-electron chi connectivity index (χ0n) is 15.9. The van der Waals surface area contributed by atoms with Crippen molar-refractivity contribution in [2.75, 3.05) is 4.90 Å². The monoisotopic (exact) mass is 417 g/mol. The highest BCUT2D eigenvalue weighted by Gasteiger charge is 2.43. The lowest BCUT2D eigenvalue weighted by Gasteiger charge is -2.23. The van der Waals surface area contributed by atoms with Crippen LogP contribution in [-0.2, 0) is 6.42 Å². The van der Waals surface area contributed by atoms with E-state index >= 15 is 0 Å². The standard InChI is InChI=1S/C22H16ClN5O2/c23-12-4-5-16-11(6-12)7-17-13-9-18-15(8-14(13)22(30)27(16)17)24-21(29)20-26-25-19(28(18)20)10-2-1-3-10/h4-6,8-10,17H,1-3,7H2,(H,24,29). The molecule has 8 heteroatoms. The third-order valence-electron chi connectivity index (χ3n) is 6.85. The Bertz CT molecular complexity index is 1480. The molecule has 1 N–H and O–H groups in total. The molecule has 2 aromatic carbocycles. The molecule has 2 aromatic heterocycles. The molecule has 1 atom stereocenters. The average molecular weight is 418 g/mol. The summed E-state index contributed by atoms with van der Waals surface area (Å²) in [5, 5.41) is 9.19. The lowest BCUT2D eigenvalue weighted by atomic mass is 9.85. The van der Waals surface area contributed by atoms with Gasteiger partial charge in [-0.25, -0.2) is 0 Å². The summed E-state index contributed by atoms with van der Waals surface area (Å²) in [5.74, 6) is 1.13. The normalized spacial score (nSPS) is 20.0. The smallest absolute Gasteiger partial charge is 0.294 e. The second-order valence-electron chi connectivity index (χ2n) is 8.42. The number of amides is 1. The summed E-state index contributed by atoms with van der Waals surface area (Å²) in [7, 11) is 0. The highest BCUT2D eigenvalue weighted by molar-refractivity contribution is 6.30. The topological polar surface area (TPSA) is 83.4 Å². The molecule has 148 valence electrons. The Balaban J connectivity index is 1.49. The predicted molar refractivity (Wildman–Crippen MR) is 112 cm³/mol. The van der Waals surface area contributed by atoms with E-state index in [1.807, 2.05) is 39.6 Å². The lowest BCUT2D eigenvalue weighted by molar-refractivity contribution is 0.0993. The van der Waals surface area contributed by atoms with Crippen molar-refractivity contribution in [2.24, 2.45) is 0 Å². The number of anilines is 1. The number of hydrogen-bond donors (Lipinski definition) is 1. The van der Waals surface area contributed by atoms with Crippen LogP contribution in [0.5, 0.6) is 0 Å². The first-order chi connectivity index (χ1) is 14.6. The summed E-state index contributed by atoms with van der Waals surface area (Å²) in [4.78, 5) is 30.6. The Morgan fingerprint density at radius 3 is 2.77 bits per heavy atom. The molecule has 0 saturated heterocycles. The van der Waals surface area contributed by atoms with Gasteiger partial charge in [0.2, 0.25) is 5.65 Å². The van der Waals surface area contributed by atoms with Crippen LogP contribution in [0.25, 0.3) is 16.7 Å². The summed E-state index contributed by atoms with van der Waals surface area (Å²) < 4.78 is 1.89. The second kappa shape index (κ2) is 5.49. The zero-order chi connectivity index (χ0) is 20.1. The quantitative estimate of drug-likeness (QED) is 0.511. The van der Waals surface area contributed by atoms with E-state index in [9.17, 15) is 9.59 Å². The van der Waals surface area contributed by atoms with Gasteiger partial charge in [0.25, 0.3) is 11.5 Å². The molecule has 1 amide bonds. The Hall–Kier alpha value is -3.19. The first-order valence-corrected chi connectivity index (χ1v) is 10.5. The van der Waals surface area contributed by atoms with Crippen molar-refractivity contribution >= 4 is 39.9 Å². The Kier molecular flexibility index (Phi) is 3.03. The summed E-state index contributed by atoms with van der Waals surface area (Å²) in [6, 6.07) is 9.46. The second-order valence-corrected chi connectivity index (χ2v) is 8.86. The fourth-order valence-corrected chi connectivity index (χ4v) is 5.38. The van der Waals surface area contributed by atoms with Crippen LogP contribution in [0.4, 0.5) is 5.69 Å². The van der Waals surface area contributed by atoms with Crippen LogP contribution in [0.15, 0.2) is 35.1 Å². The number of nitrogens with zero attached hydrogens (tertiary/aromatic N) is 4. The van der Waals surface area contributed by atoms with Gasteiger partial charge in [-0.1, -0.05) is 18.0 Å². The number of nitrogens with one attached hydrogen (secondary N) is 1. The van der Waals surface area contributed by atoms with Crippen LogP contribution in [0.2, 0.25) is 5.02 Å². The van der Waals surface area contributed by atoms with Crippen molar-refractivity contribution in [2.45, 2.75) is 37.6 Å². The molecule has 0 radical (unpaired) electrons. The summed E-state index contributed by atoms with van der Waals surface area (Å²) in [6.45, 7) is 0. The number of carbonyl (C=O) groups excluding carboxylic acids is 1. The van der Waals surface area contributed by atoms with Crippen molar-refractivity contribution in [3.8, 4) is 0 Å². The molecule has 7 nitrogen and oxygen atoms in total. The predicted octanol–water partition coefficient (Wildman–Crippen LogP) is 3.75. The van der Waals surface area contributed by atoms with E-state index in [2.05, 4.69) is 15.2 Å². The van der Waals surface area contributed by atoms with Crippen LogP contribution in [-0.4, -0.2) is 25.5 Å². The largest absolute Gasteiger partial charge is 0.317 e. The fraction of sp³-hybridized carbons (Fsp3) is 0.273. The Morgan fingerprint density at radius 1 is 1.10 bits per heavy atom. The van der Waals surface area contributed by atoms with E-state index in [-0.39, 0.29) is 17.5 Å². The van der Waals surface area contributed by atoms with Crippen LogP contribution in [0.1, 0.15) is 58.5 Å². The molecule has 1 saturated carbocycles. The molecule has 7 rings (SSSR count). The third-order valence-corrected chi connectivity index (χ3v) is 7.09. The van der Waals surface area contributed by atoms with Crippen molar-refractivity contribution in [3.05, 3.63) is 68.2 Å². The van der Waals surface area contributed by atoms with Gasteiger partial charge in [0.15, 0.2) is 0 Å². The van der Waals surface area contributed by atoms with Gasteiger partial charge in [-0.05, 0) is 60.7 Å². The van der Waals surface area contributed by atoms with Crippen molar-refractivity contribution in [1.29, 1.82) is 0 Å². The highest BCUT2D eigenvalue weighted by atomic mass is 35.5. The minimum atomic E-state index is -0.286. The summed E-state index contributed by atoms with van der Waals surface area (Å²) in [6.07, 6.45) is 4.02. The van der Waals surface area contributed by atoms with E-state index < -0.39 is 0 Å². The number of H-pyrrole nitrogens is 1. The molecule has 0 spiro atoms. The van der Waals surface area contributed by atoms with E-state index in [0.717, 1.165) is 47.4 Å². The molecule has 1 unspecified atom stereocenters. The number of fused-ring (bicyclic) bond motifs is 8. The molecule has 0 bridgehead atoms. The van der Waals surface area contributed by atoms with Crippen LogP contribution < -0.4 is 10.5 Å². The maximum Gasteiger partial charge on any atom is 0.294 e. The minimum Gasteiger partial charge on any atom is -0.317 e. The molecule has 2 aliphatic heterocycles. The van der Waals surface area contributed by atoms with Crippen LogP contribution in [0, 0.1) is 0 Å². The first kappa shape index (κ1) is 16.6. The number of benzene rings is 2. The van der Waals surface area contributed by atoms with E-state index in [1.165, 1.54) is 6.42 Å². The average Bonchev–Trinajstić information content (AvgIpc) is 3.33. The third kappa shape index (κ3) is 1.96. The maximum absolute atomic E-state index is 13.3. The van der Waals surface area contributed by atoms with Gasteiger partial charge in [-0.3, -0.25) is 14.0 Å². The van der Waals surface area contributed by atoms with Gasteiger partial charge in [0.1, 0.15) is 5.82 Å². The summed E-state index contributed by atoms with van der Waals surface area (Å²) >= 11 is 6.17. The highest BCUT2D eigenvalue weighted by Crippen LogP contribution is 2.48. The number of aromatic amines is 1. The van der Waals surface area contributed by atoms with Crippen LogP contribution >= 0.6 is 11.6 Å². The molecular formula is C22H16ClN5O2. The molecular weight excluding hydrogens is 402 g/mol. The minimum absolute atomic E-state index is 0.0399. The molecule has 1 fully saturated rings. The molecule has 30 heavy (non-hydrogen) atoms. The van der Waals surface area contributed by atoms with E-state index in [4.69, 9.17) is 11.6 Å². The fourth-order valence-electron chi connectivity index (χ4n) is 5.19. The van der Waals surface area contributed by atoms with Crippen molar-refractivity contribution < 1.29 is 4.79 Å². The van der Waals surface area contributed by atoms with Gasteiger partial charge in [0, 0.05) is 22.2 Å². The number of rotatable bonds is 1.